The molecule has 29 heavy (non-hydrogen) atoms. The van der Waals surface area contributed by atoms with Crippen molar-refractivity contribution >= 4 is 33.2 Å². The molecule has 1 saturated heterocycles. The fourth-order valence-corrected chi connectivity index (χ4v) is 4.15. The van der Waals surface area contributed by atoms with Crippen LogP contribution in [-0.4, -0.2) is 37.1 Å². The van der Waals surface area contributed by atoms with Crippen LogP contribution in [-0.2, 0) is 14.6 Å². The maximum atomic E-state index is 15.1. The van der Waals surface area contributed by atoms with Crippen molar-refractivity contribution in [3.63, 3.8) is 0 Å². The van der Waals surface area contributed by atoms with Crippen LogP contribution in [0.1, 0.15) is 25.1 Å². The number of hydrogen-bond acceptors (Lipinski definition) is 6. The zero-order chi connectivity index (χ0) is 21.7. The van der Waals surface area contributed by atoms with Crippen molar-refractivity contribution in [2.24, 2.45) is 0 Å². The van der Waals surface area contributed by atoms with E-state index in [1.807, 2.05) is 0 Å². The summed E-state index contributed by atoms with van der Waals surface area (Å²) < 4.78 is 39.2. The number of nitrogens with zero attached hydrogens (tertiary/aromatic N) is 4. The Bertz CT molecular complexity index is 1180. The van der Waals surface area contributed by atoms with Gasteiger partial charge in [0.2, 0.25) is 0 Å². The average molecular weight is 416 g/mol. The van der Waals surface area contributed by atoms with Crippen LogP contribution in [0, 0.1) is 24.1 Å². The number of nitriles is 1. The highest BCUT2D eigenvalue weighted by atomic mass is 32.2. The number of benzene rings is 1. The third kappa shape index (κ3) is 3.13. The molecule has 0 atom stereocenters. The van der Waals surface area contributed by atoms with Crippen LogP contribution in [0.4, 0.5) is 20.6 Å². The second-order valence-corrected chi connectivity index (χ2v) is 9.09. The minimum atomic E-state index is -4.13. The van der Waals surface area contributed by atoms with E-state index in [0.29, 0.717) is 16.3 Å². The molecule has 1 fully saturated rings. The zero-order valence-electron chi connectivity index (χ0n) is 16.1. The van der Waals surface area contributed by atoms with E-state index in [-0.39, 0.29) is 0 Å². The summed E-state index contributed by atoms with van der Waals surface area (Å²) in [5.74, 6) is -2.07. The van der Waals surface area contributed by atoms with Crippen LogP contribution >= 0.6 is 0 Å². The number of carbonyl (C=O) groups excluding carboxylic acids is 2. The van der Waals surface area contributed by atoms with Gasteiger partial charge in [0.25, 0.3) is 5.91 Å². The van der Waals surface area contributed by atoms with E-state index in [1.54, 1.807) is 25.1 Å². The highest BCUT2D eigenvalue weighted by molar-refractivity contribution is 7.90. The van der Waals surface area contributed by atoms with E-state index in [2.05, 4.69) is 4.98 Å². The molecule has 10 heteroatoms. The highest BCUT2D eigenvalue weighted by Gasteiger charge is 2.53. The molecule has 0 saturated carbocycles. The maximum absolute atomic E-state index is 15.1. The summed E-state index contributed by atoms with van der Waals surface area (Å²) in [5, 5.41) is 9.12. The highest BCUT2D eigenvalue weighted by Crippen LogP contribution is 2.38. The molecule has 0 spiro atoms. The summed E-state index contributed by atoms with van der Waals surface area (Å²) in [6, 6.07) is 6.14. The molecule has 2 aromatic rings. The number of aryl methyl sites for hydroxylation is 1. The van der Waals surface area contributed by atoms with E-state index in [1.165, 1.54) is 24.9 Å². The average Bonchev–Trinajstić information content (AvgIpc) is 2.80. The summed E-state index contributed by atoms with van der Waals surface area (Å²) in [7, 11) is -4.13. The fraction of sp³-hybridized carbons (Fsp3) is 0.263. The molecule has 0 unspecified atom stereocenters. The third-order valence-corrected chi connectivity index (χ3v) is 5.77. The molecule has 0 aliphatic carbocycles. The predicted octanol–water partition coefficient (Wildman–Crippen LogP) is 2.56. The van der Waals surface area contributed by atoms with E-state index >= 15 is 4.39 Å². The lowest BCUT2D eigenvalue weighted by Crippen LogP contribution is -2.44. The van der Waals surface area contributed by atoms with E-state index in [4.69, 9.17) is 5.26 Å². The number of anilines is 2. The Morgan fingerprint density at radius 2 is 1.83 bits per heavy atom. The quantitative estimate of drug-likeness (QED) is 0.711. The minimum absolute atomic E-state index is 0.332. The molecule has 1 aromatic heterocycles. The van der Waals surface area contributed by atoms with Gasteiger partial charge in [0, 0.05) is 11.9 Å². The van der Waals surface area contributed by atoms with Gasteiger partial charge in [-0.3, -0.25) is 14.7 Å². The van der Waals surface area contributed by atoms with Crippen LogP contribution in [0.2, 0.25) is 0 Å². The molecule has 0 bridgehead atoms. The molecule has 0 N–H and O–H groups in total. The Labute approximate surface area is 167 Å². The second kappa shape index (κ2) is 6.63. The van der Waals surface area contributed by atoms with Gasteiger partial charge in [0.1, 0.15) is 16.5 Å². The number of aromatic nitrogens is 1. The molecular formula is C19H17FN4O4S. The first-order chi connectivity index (χ1) is 13.4. The molecule has 150 valence electrons. The monoisotopic (exact) mass is 416 g/mol. The molecule has 1 aliphatic rings. The van der Waals surface area contributed by atoms with E-state index < -0.39 is 49.3 Å². The Morgan fingerprint density at radius 1 is 1.17 bits per heavy atom. The lowest BCUT2D eigenvalue weighted by Gasteiger charge is -2.27. The number of halogens is 1. The molecule has 3 amide bonds. The Kier molecular flexibility index (Phi) is 4.67. The van der Waals surface area contributed by atoms with Crippen molar-refractivity contribution in [1.82, 2.24) is 4.98 Å². The van der Waals surface area contributed by atoms with Crippen LogP contribution in [0.15, 0.2) is 35.4 Å². The number of pyridine rings is 1. The normalized spacial score (nSPS) is 16.3. The van der Waals surface area contributed by atoms with Gasteiger partial charge in [-0.05, 0) is 45.0 Å². The third-order valence-electron chi connectivity index (χ3n) is 4.63. The van der Waals surface area contributed by atoms with Gasteiger partial charge in [0.15, 0.2) is 15.7 Å². The number of urea groups is 1. The van der Waals surface area contributed by atoms with Gasteiger partial charge >= 0.3 is 6.03 Å². The van der Waals surface area contributed by atoms with Crippen LogP contribution in [0.5, 0.6) is 0 Å². The van der Waals surface area contributed by atoms with Gasteiger partial charge in [-0.25, -0.2) is 22.5 Å². The van der Waals surface area contributed by atoms with Crippen LogP contribution in [0.25, 0.3) is 0 Å². The number of hydrogen-bond donors (Lipinski definition) is 0. The molecule has 1 aliphatic heterocycles. The van der Waals surface area contributed by atoms with Crippen molar-refractivity contribution in [3.05, 3.63) is 47.5 Å². The lowest BCUT2D eigenvalue weighted by molar-refractivity contribution is -0.120. The largest absolute Gasteiger partial charge is 0.337 e. The topological polar surface area (TPSA) is 111 Å². The van der Waals surface area contributed by atoms with Crippen molar-refractivity contribution in [2.75, 3.05) is 16.1 Å². The summed E-state index contributed by atoms with van der Waals surface area (Å²) in [4.78, 5) is 31.1. The standard InChI is InChI=1S/C19H17FN4O4S/c1-11-5-7-13(10-22-11)24-18(26)23(17(25)19(24,2)3)14-8-6-12(9-21)16(15(14)20)29(4,27)28/h5-8,10H,1-4H3. The van der Waals surface area contributed by atoms with Crippen molar-refractivity contribution in [1.29, 1.82) is 5.26 Å². The van der Waals surface area contributed by atoms with Gasteiger partial charge in [-0.15, -0.1) is 0 Å². The van der Waals surface area contributed by atoms with Crippen LogP contribution in [0.3, 0.4) is 0 Å². The minimum Gasteiger partial charge on any atom is -0.277 e. The number of rotatable bonds is 3. The number of amides is 3. The smallest absolute Gasteiger partial charge is 0.277 e. The summed E-state index contributed by atoms with van der Waals surface area (Å²) in [5.41, 5.74) is -1.28. The zero-order valence-corrected chi connectivity index (χ0v) is 16.9. The molecule has 8 nitrogen and oxygen atoms in total. The first kappa shape index (κ1) is 20.4. The van der Waals surface area contributed by atoms with Gasteiger partial charge < -0.3 is 0 Å². The van der Waals surface area contributed by atoms with Crippen molar-refractivity contribution < 1.29 is 22.4 Å². The summed E-state index contributed by atoms with van der Waals surface area (Å²) >= 11 is 0. The maximum Gasteiger partial charge on any atom is 0.337 e. The van der Waals surface area contributed by atoms with Crippen LogP contribution < -0.4 is 9.80 Å². The first-order valence-corrected chi connectivity index (χ1v) is 10.3. The molecular weight excluding hydrogens is 399 g/mol. The van der Waals surface area contributed by atoms with E-state index in [0.717, 1.165) is 18.4 Å². The number of sulfone groups is 1. The predicted molar refractivity (Wildman–Crippen MR) is 103 cm³/mol. The van der Waals surface area contributed by atoms with Gasteiger partial charge in [-0.2, -0.15) is 5.26 Å². The molecule has 0 radical (unpaired) electrons. The fourth-order valence-electron chi connectivity index (χ4n) is 3.20. The number of imide groups is 1. The van der Waals surface area contributed by atoms with Gasteiger partial charge in [0.05, 0.1) is 23.1 Å². The van der Waals surface area contributed by atoms with E-state index in [9.17, 15) is 18.0 Å². The SMILES string of the molecule is Cc1ccc(N2C(=O)N(c3ccc(C#N)c(S(C)(=O)=O)c3F)C(=O)C2(C)C)cn1. The Balaban J connectivity index is 2.21. The number of carbonyl (C=O) groups is 2. The van der Waals surface area contributed by atoms with Crippen molar-refractivity contribution in [3.8, 4) is 6.07 Å². The molecule has 2 heterocycles. The molecule has 3 rings (SSSR count). The Hall–Kier alpha value is -3.32. The molecule has 1 aromatic carbocycles. The van der Waals surface area contributed by atoms with Crippen molar-refractivity contribution in [2.45, 2.75) is 31.2 Å². The summed E-state index contributed by atoms with van der Waals surface area (Å²) in [6.45, 7) is 4.75. The van der Waals surface area contributed by atoms with Gasteiger partial charge in [-0.1, -0.05) is 0 Å². The lowest BCUT2D eigenvalue weighted by atomic mass is 10.0. The first-order valence-electron chi connectivity index (χ1n) is 8.45. The summed E-state index contributed by atoms with van der Waals surface area (Å²) in [6.07, 6.45) is 2.17. The second-order valence-electron chi connectivity index (χ2n) is 7.13. The Morgan fingerprint density at radius 3 is 2.34 bits per heavy atom.